The Morgan fingerprint density at radius 1 is 0.560 bits per heavy atom. The smallest absolute Gasteiger partial charge is 0.306 e. The van der Waals surface area contributed by atoms with Crippen LogP contribution in [0.25, 0.3) is 0 Å². The quantitative estimate of drug-likeness (QED) is 0.0337. The van der Waals surface area contributed by atoms with Crippen LogP contribution in [0.1, 0.15) is 220 Å². The second kappa shape index (κ2) is 38.6. The largest absolute Gasteiger partial charge is 0.462 e. The molecule has 0 aromatic heterocycles. The first-order valence-electron chi connectivity index (χ1n) is 21.6. The molecule has 0 aromatic rings. The zero-order valence-electron chi connectivity index (χ0n) is 33.3. The molecule has 3 atom stereocenters. The molecule has 3 unspecified atom stereocenters. The van der Waals surface area contributed by atoms with Crippen molar-refractivity contribution in [1.82, 2.24) is 5.32 Å². The van der Waals surface area contributed by atoms with E-state index < -0.39 is 18.2 Å². The lowest BCUT2D eigenvalue weighted by Crippen LogP contribution is -2.46. The molecule has 0 aliphatic rings. The number of carbonyl (C=O) groups is 2. The predicted molar refractivity (Wildman–Crippen MR) is 213 cm³/mol. The van der Waals surface area contributed by atoms with Crippen LogP contribution < -0.4 is 5.32 Å². The number of unbranched alkanes of at least 4 members (excludes halogenated alkanes) is 22. The van der Waals surface area contributed by atoms with Gasteiger partial charge in [0, 0.05) is 6.42 Å². The Kier molecular flexibility index (Phi) is 37.3. The van der Waals surface area contributed by atoms with Crippen LogP contribution in [-0.2, 0) is 14.3 Å². The molecule has 0 aliphatic carbocycles. The van der Waals surface area contributed by atoms with Gasteiger partial charge in [-0.1, -0.05) is 167 Å². The van der Waals surface area contributed by atoms with E-state index in [1.54, 1.807) is 0 Å². The molecule has 0 spiro atoms. The maximum Gasteiger partial charge on any atom is 0.306 e. The van der Waals surface area contributed by atoms with Crippen LogP contribution in [0, 0.1) is 0 Å². The van der Waals surface area contributed by atoms with Gasteiger partial charge in [0.2, 0.25) is 5.91 Å². The maximum absolute atomic E-state index is 13.0. The van der Waals surface area contributed by atoms with Crippen molar-refractivity contribution in [1.29, 1.82) is 0 Å². The minimum atomic E-state index is -0.786. The third-order valence-electron chi connectivity index (χ3n) is 9.71. The van der Waals surface area contributed by atoms with Crippen molar-refractivity contribution >= 4 is 11.9 Å². The number of esters is 1. The number of ether oxygens (including phenoxy) is 1. The van der Waals surface area contributed by atoms with Crippen molar-refractivity contribution in [2.24, 2.45) is 0 Å². The van der Waals surface area contributed by atoms with E-state index in [0.29, 0.717) is 19.3 Å². The minimum Gasteiger partial charge on any atom is -0.462 e. The first-order chi connectivity index (χ1) is 24.5. The molecule has 294 valence electrons. The fourth-order valence-corrected chi connectivity index (χ4v) is 6.43. The van der Waals surface area contributed by atoms with Crippen molar-refractivity contribution < 1.29 is 24.5 Å². The van der Waals surface area contributed by atoms with Crippen LogP contribution >= 0.6 is 0 Å². The number of allylic oxidation sites excluding steroid dienone is 4. The highest BCUT2D eigenvalue weighted by Crippen LogP contribution is 2.17. The third kappa shape index (κ3) is 33.5. The summed E-state index contributed by atoms with van der Waals surface area (Å²) in [4.78, 5) is 25.8. The number of carbonyl (C=O) groups excluding carboxylic acids is 2. The van der Waals surface area contributed by atoms with Crippen LogP contribution in [0.15, 0.2) is 24.3 Å². The normalized spacial score (nSPS) is 13.6. The molecule has 0 aliphatic heterocycles. The molecule has 50 heavy (non-hydrogen) atoms. The molecular formula is C44H83NO5. The molecule has 0 heterocycles. The molecule has 0 aromatic carbocycles. The summed E-state index contributed by atoms with van der Waals surface area (Å²) >= 11 is 0. The van der Waals surface area contributed by atoms with Crippen LogP contribution in [0.5, 0.6) is 0 Å². The van der Waals surface area contributed by atoms with Gasteiger partial charge in [-0.25, -0.2) is 0 Å². The van der Waals surface area contributed by atoms with Crippen LogP contribution in [-0.4, -0.2) is 46.9 Å². The molecule has 1 amide bonds. The molecule has 3 N–H and O–H groups in total. The lowest BCUT2D eigenvalue weighted by atomic mass is 10.0. The fourth-order valence-electron chi connectivity index (χ4n) is 6.43. The van der Waals surface area contributed by atoms with E-state index in [1.807, 2.05) is 0 Å². The highest BCUT2D eigenvalue weighted by molar-refractivity contribution is 5.77. The average molecular weight is 706 g/mol. The number of nitrogens with one attached hydrogen (secondary N) is 1. The fraction of sp³-hybridized carbons (Fsp3) is 0.864. The predicted octanol–water partition coefficient (Wildman–Crippen LogP) is 12.0. The van der Waals surface area contributed by atoms with E-state index in [-0.39, 0.29) is 24.9 Å². The molecule has 0 fully saturated rings. The minimum absolute atomic E-state index is 0.0651. The number of aliphatic hydroxyl groups is 2. The summed E-state index contributed by atoms with van der Waals surface area (Å²) in [5.41, 5.74) is 0. The van der Waals surface area contributed by atoms with Gasteiger partial charge in [-0.15, -0.1) is 0 Å². The first kappa shape index (κ1) is 48.3. The monoisotopic (exact) mass is 706 g/mol. The van der Waals surface area contributed by atoms with E-state index in [9.17, 15) is 19.8 Å². The molecule has 0 saturated heterocycles. The van der Waals surface area contributed by atoms with Gasteiger partial charge in [0.15, 0.2) is 0 Å². The van der Waals surface area contributed by atoms with Gasteiger partial charge in [0.05, 0.1) is 25.2 Å². The Hall–Kier alpha value is -1.66. The van der Waals surface area contributed by atoms with E-state index in [2.05, 4.69) is 50.4 Å². The zero-order chi connectivity index (χ0) is 36.8. The van der Waals surface area contributed by atoms with Crippen molar-refractivity contribution in [3.63, 3.8) is 0 Å². The lowest BCUT2D eigenvalue weighted by molar-refractivity contribution is -0.151. The summed E-state index contributed by atoms with van der Waals surface area (Å²) in [5, 5.41) is 23.5. The molecule has 6 heteroatoms. The molecule has 0 rings (SSSR count). The molecular weight excluding hydrogens is 622 g/mol. The van der Waals surface area contributed by atoms with Gasteiger partial charge < -0.3 is 20.3 Å². The Morgan fingerprint density at radius 3 is 1.52 bits per heavy atom. The Labute approximate surface area is 310 Å². The van der Waals surface area contributed by atoms with E-state index in [0.717, 1.165) is 89.9 Å². The average Bonchev–Trinajstić information content (AvgIpc) is 3.10. The van der Waals surface area contributed by atoms with Gasteiger partial charge in [-0.2, -0.15) is 0 Å². The Balaban J connectivity index is 4.50. The van der Waals surface area contributed by atoms with Crippen LogP contribution in [0.3, 0.4) is 0 Å². The summed E-state index contributed by atoms with van der Waals surface area (Å²) in [5.74, 6) is -0.504. The number of hydrogen-bond donors (Lipinski definition) is 3. The number of hydrogen-bond acceptors (Lipinski definition) is 5. The second-order valence-electron chi connectivity index (χ2n) is 14.7. The summed E-state index contributed by atoms with van der Waals surface area (Å²) in [6.07, 6.45) is 41.0. The van der Waals surface area contributed by atoms with Crippen molar-refractivity contribution in [2.75, 3.05) is 6.61 Å². The Bertz CT molecular complexity index is 797. The van der Waals surface area contributed by atoms with Crippen molar-refractivity contribution in [2.45, 2.75) is 238 Å². The zero-order valence-corrected chi connectivity index (χ0v) is 33.3. The Morgan fingerprint density at radius 2 is 1.00 bits per heavy atom. The maximum atomic E-state index is 13.0. The summed E-state index contributed by atoms with van der Waals surface area (Å²) in [6.45, 7) is 6.33. The summed E-state index contributed by atoms with van der Waals surface area (Å²) in [6, 6.07) is -0.701. The standard InChI is InChI=1S/C44H83NO5/c1-4-7-10-13-16-19-21-22-23-24-27-30-33-36-42(47)41(39-46)45-43(48)38-40(35-32-29-26-18-15-12-9-6-3)50-44(49)37-34-31-28-25-20-17-14-11-8-5-2/h11-12,14-15,40-42,46-47H,4-10,13,16-39H2,1-3H3,(H,45,48)/b14-11-,15-12-. The van der Waals surface area contributed by atoms with Crippen molar-refractivity contribution in [3.05, 3.63) is 24.3 Å². The van der Waals surface area contributed by atoms with E-state index in [4.69, 9.17) is 4.74 Å². The van der Waals surface area contributed by atoms with Crippen molar-refractivity contribution in [3.8, 4) is 0 Å². The number of amides is 1. The molecule has 0 radical (unpaired) electrons. The topological polar surface area (TPSA) is 95.9 Å². The van der Waals surface area contributed by atoms with Gasteiger partial charge in [-0.05, 0) is 64.2 Å². The van der Waals surface area contributed by atoms with Gasteiger partial charge in [0.25, 0.3) is 0 Å². The van der Waals surface area contributed by atoms with E-state index >= 15 is 0 Å². The summed E-state index contributed by atoms with van der Waals surface area (Å²) in [7, 11) is 0. The molecule has 0 bridgehead atoms. The van der Waals surface area contributed by atoms with Gasteiger partial charge in [0.1, 0.15) is 6.10 Å². The SMILES string of the molecule is CCC/C=C\CCCCCCCC(=O)OC(CCCCC/C=C\CCC)CC(=O)NC(CO)C(O)CCCCCCCCCCCCCCC. The van der Waals surface area contributed by atoms with Gasteiger partial charge >= 0.3 is 5.97 Å². The first-order valence-corrected chi connectivity index (χ1v) is 21.6. The lowest BCUT2D eigenvalue weighted by Gasteiger charge is -2.24. The molecule has 0 saturated carbocycles. The van der Waals surface area contributed by atoms with E-state index in [1.165, 1.54) is 83.5 Å². The van der Waals surface area contributed by atoms with Gasteiger partial charge in [-0.3, -0.25) is 9.59 Å². The highest BCUT2D eigenvalue weighted by atomic mass is 16.5. The van der Waals surface area contributed by atoms with Crippen LogP contribution in [0.2, 0.25) is 0 Å². The molecule has 6 nitrogen and oxygen atoms in total. The second-order valence-corrected chi connectivity index (χ2v) is 14.7. The number of aliphatic hydroxyl groups excluding tert-OH is 2. The number of rotatable bonds is 38. The van der Waals surface area contributed by atoms with Crippen LogP contribution in [0.4, 0.5) is 0 Å². The summed E-state index contributed by atoms with van der Waals surface area (Å²) < 4.78 is 5.84. The third-order valence-corrected chi connectivity index (χ3v) is 9.71. The highest BCUT2D eigenvalue weighted by Gasteiger charge is 2.24.